The number of ether oxygens (including phenoxy) is 1. The van der Waals surface area contributed by atoms with Crippen LogP contribution < -0.4 is 10.6 Å². The van der Waals surface area contributed by atoms with Gasteiger partial charge in [-0.2, -0.15) is 0 Å². The Morgan fingerprint density at radius 1 is 1.02 bits per heavy atom. The van der Waals surface area contributed by atoms with Crippen LogP contribution in [-0.4, -0.2) is 42.8 Å². The zero-order valence-electron chi connectivity index (χ0n) is 29.7. The van der Waals surface area contributed by atoms with E-state index in [2.05, 4.69) is 62.6 Å². The van der Waals surface area contributed by atoms with Gasteiger partial charge in [0, 0.05) is 24.1 Å². The number of amides is 1. The summed E-state index contributed by atoms with van der Waals surface area (Å²) >= 11 is 0. The summed E-state index contributed by atoms with van der Waals surface area (Å²) in [5.41, 5.74) is 1.85. The number of hydrogen-bond acceptors (Lipinski definition) is 5. The van der Waals surface area contributed by atoms with Crippen molar-refractivity contribution in [2.45, 2.75) is 122 Å². The first-order valence-electron chi connectivity index (χ1n) is 18.0. The third-order valence-electron chi connectivity index (χ3n) is 11.7. The number of fused-ring (bicyclic) bond motifs is 2. The largest absolute Gasteiger partial charge is 0.469 e. The van der Waals surface area contributed by atoms with Gasteiger partial charge in [-0.1, -0.05) is 71.2 Å². The second-order valence-corrected chi connectivity index (χ2v) is 16.6. The van der Waals surface area contributed by atoms with Crippen LogP contribution in [0.5, 0.6) is 0 Å². The molecule has 264 valence electrons. The molecule has 2 aromatic rings. The highest BCUT2D eigenvalue weighted by atomic mass is 19.1. The van der Waals surface area contributed by atoms with E-state index in [9.17, 15) is 23.5 Å². The van der Waals surface area contributed by atoms with Crippen LogP contribution in [0.1, 0.15) is 109 Å². The maximum atomic E-state index is 14.3. The predicted octanol–water partition coefficient (Wildman–Crippen LogP) is 7.35. The summed E-state index contributed by atoms with van der Waals surface area (Å²) in [5, 5.41) is 18.7. The molecule has 2 aromatic carbocycles. The van der Waals surface area contributed by atoms with Crippen LogP contribution >= 0.6 is 0 Å². The summed E-state index contributed by atoms with van der Waals surface area (Å²) in [7, 11) is 1.42. The van der Waals surface area contributed by atoms with Crippen LogP contribution in [0, 0.1) is 40.7 Å². The van der Waals surface area contributed by atoms with E-state index < -0.39 is 29.2 Å². The number of nitrogens with one attached hydrogen (secondary N) is 2. The van der Waals surface area contributed by atoms with Crippen molar-refractivity contribution in [1.29, 1.82) is 0 Å². The molecule has 6 nitrogen and oxygen atoms in total. The van der Waals surface area contributed by atoms with Gasteiger partial charge in [0.15, 0.2) is 0 Å². The highest BCUT2D eigenvalue weighted by molar-refractivity contribution is 5.81. The second-order valence-electron chi connectivity index (χ2n) is 16.6. The van der Waals surface area contributed by atoms with Crippen molar-refractivity contribution in [3.05, 3.63) is 70.8 Å². The fourth-order valence-electron chi connectivity index (χ4n) is 9.36. The Morgan fingerprint density at radius 3 is 2.35 bits per heavy atom. The molecule has 8 heteroatoms. The van der Waals surface area contributed by atoms with Gasteiger partial charge < -0.3 is 20.5 Å². The molecule has 3 aliphatic carbocycles. The fourth-order valence-corrected chi connectivity index (χ4v) is 9.36. The molecule has 7 unspecified atom stereocenters. The van der Waals surface area contributed by atoms with Crippen molar-refractivity contribution in [1.82, 2.24) is 10.6 Å². The van der Waals surface area contributed by atoms with Gasteiger partial charge >= 0.3 is 5.97 Å². The molecule has 0 spiro atoms. The fraction of sp³-hybridized carbons (Fsp3) is 0.650. The van der Waals surface area contributed by atoms with Gasteiger partial charge in [0.25, 0.3) is 0 Å². The maximum Gasteiger partial charge on any atom is 0.311 e. The quantitative estimate of drug-likeness (QED) is 0.231. The van der Waals surface area contributed by atoms with E-state index in [1.165, 1.54) is 30.4 Å². The zero-order valence-corrected chi connectivity index (χ0v) is 29.7. The van der Waals surface area contributed by atoms with E-state index in [0.717, 1.165) is 57.4 Å². The lowest BCUT2D eigenvalue weighted by Gasteiger charge is -2.49. The van der Waals surface area contributed by atoms with Crippen molar-refractivity contribution in [2.75, 3.05) is 13.7 Å². The Morgan fingerprint density at radius 2 is 1.71 bits per heavy atom. The average Bonchev–Trinajstić information content (AvgIpc) is 3.02. The van der Waals surface area contributed by atoms with Crippen LogP contribution in [0.25, 0.3) is 0 Å². The first kappa shape index (κ1) is 36.4. The van der Waals surface area contributed by atoms with Gasteiger partial charge in [-0.05, 0) is 104 Å². The molecule has 3 fully saturated rings. The Balaban J connectivity index is 1.39. The smallest absolute Gasteiger partial charge is 0.311 e. The molecular formula is C40H56F2N2O4. The molecule has 0 aliphatic heterocycles. The van der Waals surface area contributed by atoms with E-state index >= 15 is 0 Å². The third-order valence-corrected chi connectivity index (χ3v) is 11.7. The van der Waals surface area contributed by atoms with Crippen molar-refractivity contribution in [3.8, 4) is 0 Å². The first-order chi connectivity index (χ1) is 22.6. The van der Waals surface area contributed by atoms with Crippen molar-refractivity contribution in [3.63, 3.8) is 0 Å². The van der Waals surface area contributed by atoms with E-state index in [1.54, 1.807) is 0 Å². The van der Waals surface area contributed by atoms with Crippen LogP contribution in [0.15, 0.2) is 42.5 Å². The number of benzene rings is 2. The summed E-state index contributed by atoms with van der Waals surface area (Å²) in [5.74, 6) is -1.70. The molecule has 0 saturated heterocycles. The summed E-state index contributed by atoms with van der Waals surface area (Å²) in [6.07, 6.45) is 7.23. The number of halogens is 2. The average molecular weight is 667 g/mol. The molecule has 5 rings (SSSR count). The van der Waals surface area contributed by atoms with Crippen LogP contribution in [-0.2, 0) is 31.7 Å². The predicted molar refractivity (Wildman–Crippen MR) is 184 cm³/mol. The standard InChI is InChI=1S/C40H56F2N2O4/c1-25-15-27-16-28(23-39(5,22-27)37(47)48-6)35(25)36(46)44-33(19-26-17-31(41)21-32(42)18-26)34(45)24-43-40(13-8-7-9-14-40)30-12-10-11-29(20-30)38(2,3)4/h10-12,17-18,20-21,25,27-28,33-35,43,45H,7-9,13-16,19,22-24H2,1-6H3,(H,44,46). The summed E-state index contributed by atoms with van der Waals surface area (Å²) in [6.45, 7) is 10.9. The lowest BCUT2D eigenvalue weighted by atomic mass is 9.55. The third kappa shape index (κ3) is 8.13. The molecule has 0 radical (unpaired) electrons. The highest BCUT2D eigenvalue weighted by Crippen LogP contribution is 2.53. The normalized spacial score (nSPS) is 28.3. The van der Waals surface area contributed by atoms with Gasteiger partial charge in [-0.25, -0.2) is 8.78 Å². The van der Waals surface area contributed by atoms with Crippen molar-refractivity contribution >= 4 is 11.9 Å². The number of carbonyl (C=O) groups excluding carboxylic acids is 2. The molecule has 48 heavy (non-hydrogen) atoms. The molecule has 0 aromatic heterocycles. The van der Waals surface area contributed by atoms with Crippen LogP contribution in [0.4, 0.5) is 8.78 Å². The van der Waals surface area contributed by atoms with E-state index in [1.807, 2.05) is 6.92 Å². The summed E-state index contributed by atoms with van der Waals surface area (Å²) in [4.78, 5) is 27.0. The second kappa shape index (κ2) is 14.6. The topological polar surface area (TPSA) is 87.7 Å². The number of carbonyl (C=O) groups is 2. The highest BCUT2D eigenvalue weighted by Gasteiger charge is 2.51. The number of methoxy groups -OCH3 is 1. The Labute approximate surface area is 285 Å². The number of aliphatic hydroxyl groups is 1. The van der Waals surface area contributed by atoms with E-state index in [-0.39, 0.29) is 53.5 Å². The summed E-state index contributed by atoms with van der Waals surface area (Å²) in [6, 6.07) is 11.3. The molecule has 3 saturated carbocycles. The minimum absolute atomic E-state index is 0.000247. The molecule has 1 amide bonds. The minimum atomic E-state index is -1.02. The maximum absolute atomic E-state index is 14.3. The lowest BCUT2D eigenvalue weighted by molar-refractivity contribution is -0.160. The van der Waals surface area contributed by atoms with Gasteiger partial charge in [0.05, 0.1) is 24.7 Å². The van der Waals surface area contributed by atoms with Gasteiger partial charge in [-0.3, -0.25) is 9.59 Å². The van der Waals surface area contributed by atoms with Crippen molar-refractivity contribution < 1.29 is 28.2 Å². The number of hydrogen-bond donors (Lipinski definition) is 3. The molecule has 7 atom stereocenters. The molecule has 3 aliphatic rings. The Bertz CT molecular complexity index is 1430. The Hall–Kier alpha value is -2.84. The SMILES string of the molecule is COC(=O)C1(C)CC2CC(C)C(C(=O)NC(Cc3cc(F)cc(F)c3)C(O)CNC3(c4cccc(C(C)(C)C)c4)CCCCC3)C(C2)C1. The zero-order chi connectivity index (χ0) is 34.9. The van der Waals surface area contributed by atoms with E-state index in [0.29, 0.717) is 17.9 Å². The molecule has 3 N–H and O–H groups in total. The number of esters is 1. The monoisotopic (exact) mass is 666 g/mol. The van der Waals surface area contributed by atoms with Crippen LogP contribution in [0.2, 0.25) is 0 Å². The lowest BCUT2D eigenvalue weighted by Crippen LogP contribution is -2.56. The van der Waals surface area contributed by atoms with Gasteiger partial charge in [0.2, 0.25) is 5.91 Å². The minimum Gasteiger partial charge on any atom is -0.469 e. The van der Waals surface area contributed by atoms with Gasteiger partial charge in [-0.15, -0.1) is 0 Å². The number of aliphatic hydroxyl groups excluding tert-OH is 1. The Kier molecular flexibility index (Phi) is 11.1. The number of rotatable bonds is 10. The molecule has 2 bridgehead atoms. The van der Waals surface area contributed by atoms with Crippen molar-refractivity contribution in [2.24, 2.45) is 29.1 Å². The summed E-state index contributed by atoms with van der Waals surface area (Å²) < 4.78 is 33.8. The van der Waals surface area contributed by atoms with Gasteiger partial charge in [0.1, 0.15) is 11.6 Å². The van der Waals surface area contributed by atoms with E-state index in [4.69, 9.17) is 4.74 Å². The van der Waals surface area contributed by atoms with Crippen LogP contribution in [0.3, 0.4) is 0 Å². The molecule has 0 heterocycles. The molecular weight excluding hydrogens is 610 g/mol. The first-order valence-corrected chi connectivity index (χ1v) is 18.0.